The van der Waals surface area contributed by atoms with Crippen LogP contribution >= 0.6 is 0 Å². The minimum Gasteiger partial charge on any atom is -0.490 e. The van der Waals surface area contributed by atoms with Gasteiger partial charge in [0, 0.05) is 34.9 Å². The Balaban J connectivity index is 0.000000626. The van der Waals surface area contributed by atoms with E-state index in [9.17, 15) is 24.0 Å². The number of nitrogens with two attached hydrogens (primary N) is 1. The van der Waals surface area contributed by atoms with E-state index in [1.165, 1.54) is 7.11 Å². The van der Waals surface area contributed by atoms with E-state index in [-0.39, 0.29) is 19.6 Å². The first-order valence-electron chi connectivity index (χ1n) is 19.5. The summed E-state index contributed by atoms with van der Waals surface area (Å²) in [7, 11) is 1.23. The van der Waals surface area contributed by atoms with Gasteiger partial charge in [0.1, 0.15) is 49.0 Å². The van der Waals surface area contributed by atoms with Crippen LogP contribution in [0.3, 0.4) is 0 Å². The quantitative estimate of drug-likeness (QED) is 0.0880. The highest BCUT2D eigenvalue weighted by Gasteiger charge is 2.40. The number of ketones is 1. The van der Waals surface area contributed by atoms with Gasteiger partial charge in [-0.25, -0.2) is 4.79 Å². The van der Waals surface area contributed by atoms with E-state index in [1.54, 1.807) is 121 Å². The predicted molar refractivity (Wildman–Crippen MR) is 230 cm³/mol. The van der Waals surface area contributed by atoms with Crippen molar-refractivity contribution < 1.29 is 58.2 Å². The van der Waals surface area contributed by atoms with Gasteiger partial charge in [-0.15, -0.1) is 0 Å². The first-order chi connectivity index (χ1) is 28.7. The van der Waals surface area contributed by atoms with Crippen LogP contribution in [0.1, 0.15) is 88.4 Å². The maximum atomic E-state index is 12.8. The topological polar surface area (TPSA) is 233 Å². The summed E-state index contributed by atoms with van der Waals surface area (Å²) < 4.78 is 21.3. The fourth-order valence-electron chi connectivity index (χ4n) is 5.03. The molecule has 0 saturated heterocycles. The van der Waals surface area contributed by atoms with Crippen LogP contribution in [0.5, 0.6) is 11.5 Å². The number of amides is 2. The molecule has 2 aromatic carbocycles. The Hall–Kier alpha value is -5.97. The second-order valence-corrected chi connectivity index (χ2v) is 15.6. The fourth-order valence-corrected chi connectivity index (χ4v) is 5.03. The van der Waals surface area contributed by atoms with Gasteiger partial charge in [0.15, 0.2) is 5.78 Å². The number of aliphatic hydroxyl groups excluding tert-OH is 3. The van der Waals surface area contributed by atoms with Gasteiger partial charge in [0.2, 0.25) is 0 Å². The van der Waals surface area contributed by atoms with Crippen molar-refractivity contribution in [1.82, 2.24) is 10.6 Å². The second-order valence-electron chi connectivity index (χ2n) is 15.6. The number of benzene rings is 2. The maximum Gasteiger partial charge on any atom is 0.328 e. The number of rotatable bonds is 19. The number of allylic oxidation sites excluding steroid dienone is 2. The number of carbonyl (C=O) groups is 5. The molecule has 0 aromatic heterocycles. The highest BCUT2D eigenvalue weighted by molar-refractivity contribution is 5.99. The third-order valence-corrected chi connectivity index (χ3v) is 8.02. The standard InChI is InChI=1S/C26H35NO7.C20H26N2O5/c1-25(2,3)34-21(29)18-26(4,5)22(24(31)32-6)27-23(30)19-12-14-20(15-13-19)33-17-11-9-7-8-10-16-28;1-20(2,21)18(17(25)14-24)22-19(26)15-8-10-16(11-9-15)27-13-7-5-3-4-6-12-23/h9,11-15,22,28H,10,16-18H2,1-6H3,(H,27,30);5,7-11,18,23-24H,6,12-14,21H2,1-2H3,(H,22,26)/b11-9+;7-5+/t22-;18-/m11/s1. The molecule has 15 heteroatoms. The highest BCUT2D eigenvalue weighted by Crippen LogP contribution is 2.28. The molecule has 15 nitrogen and oxygen atoms in total. The van der Waals surface area contributed by atoms with E-state index in [1.807, 2.05) is 0 Å². The number of esters is 2. The molecule has 0 aliphatic heterocycles. The van der Waals surface area contributed by atoms with Crippen LogP contribution in [0.4, 0.5) is 0 Å². The predicted octanol–water partition coefficient (Wildman–Crippen LogP) is 3.44. The molecule has 0 aliphatic rings. The molecule has 2 amide bonds. The zero-order valence-electron chi connectivity index (χ0n) is 36.3. The summed E-state index contributed by atoms with van der Waals surface area (Å²) >= 11 is 0. The number of nitrogens with one attached hydrogen (secondary N) is 2. The molecule has 2 aromatic rings. The molecule has 7 N–H and O–H groups in total. The van der Waals surface area contributed by atoms with Gasteiger partial charge in [-0.1, -0.05) is 37.5 Å². The summed E-state index contributed by atoms with van der Waals surface area (Å²) in [6.45, 7) is 11.8. The number of aliphatic hydroxyl groups is 3. The van der Waals surface area contributed by atoms with Crippen molar-refractivity contribution >= 4 is 29.5 Å². The summed E-state index contributed by atoms with van der Waals surface area (Å²) in [6.07, 6.45) is 7.52. The van der Waals surface area contributed by atoms with Crippen LogP contribution in [0.15, 0.2) is 72.8 Å². The molecule has 0 radical (unpaired) electrons. The third kappa shape index (κ3) is 21.7. The molecule has 0 heterocycles. The Morgan fingerprint density at radius 2 is 1.13 bits per heavy atom. The molecule has 0 fully saturated rings. The van der Waals surface area contributed by atoms with Crippen LogP contribution < -0.4 is 25.8 Å². The largest absolute Gasteiger partial charge is 0.490 e. The molecule has 332 valence electrons. The van der Waals surface area contributed by atoms with Gasteiger partial charge in [0.05, 0.1) is 26.7 Å². The monoisotopic (exact) mass is 847 g/mol. The number of hydrogen-bond donors (Lipinski definition) is 6. The van der Waals surface area contributed by atoms with Crippen molar-refractivity contribution in [3.05, 3.63) is 84.0 Å². The van der Waals surface area contributed by atoms with Crippen molar-refractivity contribution in [3.8, 4) is 35.2 Å². The van der Waals surface area contributed by atoms with Crippen LogP contribution in [-0.4, -0.2) is 108 Å². The van der Waals surface area contributed by atoms with E-state index in [0.717, 1.165) is 0 Å². The summed E-state index contributed by atoms with van der Waals surface area (Å²) in [5, 5.41) is 31.5. The van der Waals surface area contributed by atoms with Crippen molar-refractivity contribution in [1.29, 1.82) is 0 Å². The molecular weight excluding hydrogens is 787 g/mol. The second kappa shape index (κ2) is 27.0. The lowest BCUT2D eigenvalue weighted by Crippen LogP contribution is -2.59. The zero-order chi connectivity index (χ0) is 46.1. The number of methoxy groups -OCH3 is 1. The average Bonchev–Trinajstić information content (AvgIpc) is 3.19. The molecular formula is C46H61N3O12. The normalized spacial score (nSPS) is 12.3. The SMILES string of the molecule is CC(C)(N)[C@H](NC(=O)c1ccc(OC/C=C/C#CCCO)cc1)C(=O)CO.COC(=O)[C@@H](NC(=O)c1ccc(OC/C=C/C#CCCO)cc1)C(C)(C)CC(=O)OC(C)(C)C. The minimum absolute atomic E-state index is 0.0267. The van der Waals surface area contributed by atoms with Gasteiger partial charge in [0.25, 0.3) is 11.8 Å². The van der Waals surface area contributed by atoms with Crippen LogP contribution in [-0.2, 0) is 23.9 Å². The molecule has 61 heavy (non-hydrogen) atoms. The van der Waals surface area contributed by atoms with Gasteiger partial charge < -0.3 is 50.6 Å². The first kappa shape index (κ1) is 53.0. The van der Waals surface area contributed by atoms with E-state index in [2.05, 4.69) is 34.3 Å². The lowest BCUT2D eigenvalue weighted by Gasteiger charge is -2.33. The molecule has 0 unspecified atom stereocenters. The number of ether oxygens (including phenoxy) is 4. The number of carbonyl (C=O) groups excluding carboxylic acids is 5. The maximum absolute atomic E-state index is 12.8. The van der Waals surface area contributed by atoms with Crippen molar-refractivity contribution in [3.63, 3.8) is 0 Å². The van der Waals surface area contributed by atoms with Gasteiger partial charge in [-0.3, -0.25) is 19.2 Å². The average molecular weight is 848 g/mol. The molecule has 2 atom stereocenters. The van der Waals surface area contributed by atoms with Crippen molar-refractivity contribution in [2.45, 2.75) is 91.0 Å². The first-order valence-corrected chi connectivity index (χ1v) is 19.5. The number of Topliss-reactive ketones (excluding diaryl/α,β-unsaturated/α-hetero) is 1. The Morgan fingerprint density at radius 3 is 1.49 bits per heavy atom. The van der Waals surface area contributed by atoms with E-state index in [4.69, 9.17) is 40.0 Å². The molecule has 0 aliphatic carbocycles. The lowest BCUT2D eigenvalue weighted by molar-refractivity contribution is -0.159. The highest BCUT2D eigenvalue weighted by atomic mass is 16.6. The van der Waals surface area contributed by atoms with E-state index >= 15 is 0 Å². The summed E-state index contributed by atoms with van der Waals surface area (Å²) in [6, 6.07) is 10.8. The third-order valence-electron chi connectivity index (χ3n) is 8.02. The Kier molecular flexibility index (Phi) is 23.5. The Morgan fingerprint density at radius 1 is 0.705 bits per heavy atom. The molecule has 2 rings (SSSR count). The van der Waals surface area contributed by atoms with Crippen molar-refractivity contribution in [2.75, 3.05) is 40.1 Å². The summed E-state index contributed by atoms with van der Waals surface area (Å²) in [4.78, 5) is 61.7. The van der Waals surface area contributed by atoms with Gasteiger partial charge in [-0.2, -0.15) is 0 Å². The Labute approximate surface area is 359 Å². The molecule has 0 saturated carbocycles. The summed E-state index contributed by atoms with van der Waals surface area (Å²) in [5.74, 6) is 9.55. The molecule has 0 spiro atoms. The van der Waals surface area contributed by atoms with E-state index in [0.29, 0.717) is 48.7 Å². The lowest BCUT2D eigenvalue weighted by atomic mass is 9.81. The smallest absolute Gasteiger partial charge is 0.328 e. The molecule has 0 bridgehead atoms. The summed E-state index contributed by atoms with van der Waals surface area (Å²) in [5.41, 5.74) is 3.95. The van der Waals surface area contributed by atoms with Crippen LogP contribution in [0.2, 0.25) is 0 Å². The van der Waals surface area contributed by atoms with Crippen molar-refractivity contribution in [2.24, 2.45) is 11.1 Å². The van der Waals surface area contributed by atoms with Crippen LogP contribution in [0, 0.1) is 29.1 Å². The van der Waals surface area contributed by atoms with Gasteiger partial charge >= 0.3 is 11.9 Å². The fraction of sp³-hybridized carbons (Fsp3) is 0.457. The van der Waals surface area contributed by atoms with Gasteiger partial charge in [-0.05, 0) is 107 Å². The minimum atomic E-state index is -1.06. The zero-order valence-corrected chi connectivity index (χ0v) is 36.3. The van der Waals surface area contributed by atoms with Crippen LogP contribution in [0.25, 0.3) is 0 Å². The Bertz CT molecular complexity index is 1900. The number of hydrogen-bond acceptors (Lipinski definition) is 13. The van der Waals surface area contributed by atoms with E-state index < -0.39 is 64.8 Å².